The minimum atomic E-state index is 0.555. The Morgan fingerprint density at radius 3 is 2.64 bits per heavy atom. The summed E-state index contributed by atoms with van der Waals surface area (Å²) in [5.41, 5.74) is 2.39. The Morgan fingerprint density at radius 2 is 2.21 bits per heavy atom. The molecule has 2 unspecified atom stereocenters. The third-order valence-electron chi connectivity index (χ3n) is 2.25. The van der Waals surface area contributed by atoms with E-state index in [2.05, 4.69) is 40.7 Å². The van der Waals surface area contributed by atoms with E-state index in [1.165, 1.54) is 17.6 Å². The van der Waals surface area contributed by atoms with Crippen molar-refractivity contribution in [2.24, 2.45) is 5.92 Å². The molecule has 1 N–H and O–H groups in total. The molecule has 0 rings (SSSR count). The molecule has 0 spiro atoms. The fourth-order valence-electron chi connectivity index (χ4n) is 1.20. The van der Waals surface area contributed by atoms with Crippen LogP contribution in [0.25, 0.3) is 0 Å². The molecule has 14 heavy (non-hydrogen) atoms. The predicted octanol–water partition coefficient (Wildman–Crippen LogP) is 2.78. The lowest BCUT2D eigenvalue weighted by molar-refractivity contribution is 0.678. The molecule has 2 heteroatoms. The van der Waals surface area contributed by atoms with Gasteiger partial charge in [0, 0.05) is 6.54 Å². The molecule has 0 aromatic heterocycles. The number of allylic oxidation sites excluding steroid dienone is 2. The Morgan fingerprint density at radius 1 is 1.57 bits per heavy atom. The first kappa shape index (κ1) is 13.6. The minimum Gasteiger partial charge on any atom is -0.316 e. The van der Waals surface area contributed by atoms with E-state index in [0.29, 0.717) is 5.92 Å². The van der Waals surface area contributed by atoms with Crippen LogP contribution in [0.2, 0.25) is 0 Å². The highest BCUT2D eigenvalue weighted by Gasteiger charge is 2.03. The maximum atomic E-state index is 4.08. The largest absolute Gasteiger partial charge is 0.316 e. The maximum Gasteiger partial charge on any atom is 0.0202 e. The summed E-state index contributed by atoms with van der Waals surface area (Å²) in [6, 6.07) is 0. The minimum absolute atomic E-state index is 0.555. The molecule has 80 valence electrons. The van der Waals surface area contributed by atoms with Gasteiger partial charge < -0.3 is 5.32 Å². The zero-order chi connectivity index (χ0) is 11.0. The van der Waals surface area contributed by atoms with Gasteiger partial charge in [0.2, 0.25) is 0 Å². The van der Waals surface area contributed by atoms with Crippen LogP contribution in [-0.2, 0) is 0 Å². The first-order chi connectivity index (χ1) is 6.65. The first-order valence-electron chi connectivity index (χ1n) is 5.02. The molecule has 0 bridgehead atoms. The van der Waals surface area contributed by atoms with Gasteiger partial charge in [0.05, 0.1) is 0 Å². The number of hydrogen-bond acceptors (Lipinski definition) is 1. The molecule has 2 atom stereocenters. The van der Waals surface area contributed by atoms with Crippen molar-refractivity contribution in [1.82, 2.24) is 5.32 Å². The van der Waals surface area contributed by atoms with Crippen molar-refractivity contribution >= 4 is 9.24 Å². The SMILES string of the molecule is C=C/C(=C\C(=C)C(C)CCP)CNC. The number of rotatable bonds is 7. The van der Waals surface area contributed by atoms with Gasteiger partial charge >= 0.3 is 0 Å². The Labute approximate surface area is 90.6 Å². The summed E-state index contributed by atoms with van der Waals surface area (Å²) >= 11 is 0. The van der Waals surface area contributed by atoms with Crippen molar-refractivity contribution in [2.75, 3.05) is 19.8 Å². The second-order valence-electron chi connectivity index (χ2n) is 3.51. The number of hydrogen-bond donors (Lipinski definition) is 1. The molecule has 0 saturated carbocycles. The standard InChI is InChI=1S/C12H22NP/c1-5-12(9-13-4)8-11(3)10(2)6-7-14/h5,8,10,13H,1,3,6-7,9,14H2,2,4H3/b12-8+. The van der Waals surface area contributed by atoms with Gasteiger partial charge in [0.15, 0.2) is 0 Å². The smallest absolute Gasteiger partial charge is 0.0202 e. The summed E-state index contributed by atoms with van der Waals surface area (Å²) in [6.45, 7) is 10.9. The van der Waals surface area contributed by atoms with E-state index in [4.69, 9.17) is 0 Å². The summed E-state index contributed by atoms with van der Waals surface area (Å²) < 4.78 is 0. The van der Waals surface area contributed by atoms with Gasteiger partial charge in [-0.2, -0.15) is 0 Å². The van der Waals surface area contributed by atoms with Crippen LogP contribution in [0.3, 0.4) is 0 Å². The third-order valence-corrected chi connectivity index (χ3v) is 2.58. The normalized spacial score (nSPS) is 13.8. The summed E-state index contributed by atoms with van der Waals surface area (Å²) in [7, 11) is 4.69. The Balaban J connectivity index is 4.29. The quantitative estimate of drug-likeness (QED) is 0.504. The highest BCUT2D eigenvalue weighted by Crippen LogP contribution is 2.16. The molecule has 0 saturated heterocycles. The fraction of sp³-hybridized carbons (Fsp3) is 0.500. The topological polar surface area (TPSA) is 12.0 Å². The molecule has 0 radical (unpaired) electrons. The molecular formula is C12H22NP. The summed E-state index contributed by atoms with van der Waals surface area (Å²) in [4.78, 5) is 0. The van der Waals surface area contributed by atoms with Crippen molar-refractivity contribution in [3.8, 4) is 0 Å². The molecule has 1 nitrogen and oxygen atoms in total. The second kappa shape index (κ2) is 7.96. The van der Waals surface area contributed by atoms with Crippen molar-refractivity contribution < 1.29 is 0 Å². The van der Waals surface area contributed by atoms with Gasteiger partial charge in [-0.05, 0) is 31.1 Å². The summed E-state index contributed by atoms with van der Waals surface area (Å²) in [6.07, 6.45) is 6.32. The van der Waals surface area contributed by atoms with E-state index in [1.54, 1.807) is 0 Å². The van der Waals surface area contributed by atoms with Crippen molar-refractivity contribution in [1.29, 1.82) is 0 Å². The van der Waals surface area contributed by atoms with Crippen molar-refractivity contribution in [2.45, 2.75) is 13.3 Å². The van der Waals surface area contributed by atoms with Gasteiger partial charge in [0.25, 0.3) is 0 Å². The first-order valence-corrected chi connectivity index (χ1v) is 5.83. The highest BCUT2D eigenvalue weighted by molar-refractivity contribution is 7.16. The molecule has 0 amide bonds. The van der Waals surface area contributed by atoms with E-state index >= 15 is 0 Å². The molecule has 0 aromatic carbocycles. The van der Waals surface area contributed by atoms with Crippen LogP contribution in [0.4, 0.5) is 0 Å². The van der Waals surface area contributed by atoms with Crippen LogP contribution < -0.4 is 5.32 Å². The van der Waals surface area contributed by atoms with E-state index in [0.717, 1.165) is 12.7 Å². The van der Waals surface area contributed by atoms with Crippen molar-refractivity contribution in [3.05, 3.63) is 36.5 Å². The van der Waals surface area contributed by atoms with E-state index in [-0.39, 0.29) is 0 Å². The summed E-state index contributed by atoms with van der Waals surface area (Å²) in [5.74, 6) is 0.555. The van der Waals surface area contributed by atoms with E-state index < -0.39 is 0 Å². The van der Waals surface area contributed by atoms with Crippen molar-refractivity contribution in [3.63, 3.8) is 0 Å². The van der Waals surface area contributed by atoms with Crippen LogP contribution in [0.1, 0.15) is 13.3 Å². The van der Waals surface area contributed by atoms with Crippen LogP contribution >= 0.6 is 9.24 Å². The van der Waals surface area contributed by atoms with Crippen LogP contribution in [0, 0.1) is 5.92 Å². The lowest BCUT2D eigenvalue weighted by atomic mass is 9.98. The Hall–Kier alpha value is -0.390. The predicted molar refractivity (Wildman–Crippen MR) is 69.7 cm³/mol. The molecule has 0 aliphatic carbocycles. The van der Waals surface area contributed by atoms with E-state index in [1.807, 2.05) is 13.1 Å². The molecule has 0 fully saturated rings. The van der Waals surface area contributed by atoms with Crippen LogP contribution in [0.5, 0.6) is 0 Å². The van der Waals surface area contributed by atoms with E-state index in [9.17, 15) is 0 Å². The zero-order valence-corrected chi connectivity index (χ0v) is 10.5. The summed E-state index contributed by atoms with van der Waals surface area (Å²) in [5, 5.41) is 3.11. The molecular weight excluding hydrogens is 189 g/mol. The van der Waals surface area contributed by atoms with Gasteiger partial charge in [-0.1, -0.05) is 37.8 Å². The monoisotopic (exact) mass is 211 g/mol. The lowest BCUT2D eigenvalue weighted by Crippen LogP contribution is -2.10. The average molecular weight is 211 g/mol. The van der Waals surface area contributed by atoms with Crippen LogP contribution in [-0.4, -0.2) is 19.8 Å². The number of likely N-dealkylation sites (N-methyl/N-ethyl adjacent to an activating group) is 1. The molecule has 0 heterocycles. The highest BCUT2D eigenvalue weighted by atomic mass is 31.0. The Kier molecular flexibility index (Phi) is 7.74. The number of nitrogens with one attached hydrogen (secondary N) is 1. The Bertz CT molecular complexity index is 218. The molecule has 0 aliphatic rings. The van der Waals surface area contributed by atoms with Gasteiger partial charge in [-0.3, -0.25) is 0 Å². The van der Waals surface area contributed by atoms with Crippen LogP contribution in [0.15, 0.2) is 36.5 Å². The van der Waals surface area contributed by atoms with Gasteiger partial charge in [-0.25, -0.2) is 0 Å². The zero-order valence-electron chi connectivity index (χ0n) is 9.34. The molecule has 0 aromatic rings. The lowest BCUT2D eigenvalue weighted by Gasteiger charge is -2.11. The molecule has 0 aliphatic heterocycles. The maximum absolute atomic E-state index is 4.08. The van der Waals surface area contributed by atoms with Gasteiger partial charge in [-0.15, -0.1) is 9.24 Å². The van der Waals surface area contributed by atoms with Gasteiger partial charge in [0.1, 0.15) is 0 Å². The fourth-order valence-corrected chi connectivity index (χ4v) is 1.70. The third kappa shape index (κ3) is 5.36. The second-order valence-corrected chi connectivity index (χ2v) is 4.08. The average Bonchev–Trinajstić information content (AvgIpc) is 2.17.